The van der Waals surface area contributed by atoms with Crippen LogP contribution in [-0.4, -0.2) is 23.3 Å². The Morgan fingerprint density at radius 1 is 1.41 bits per heavy atom. The number of hydrogen-bond donors (Lipinski definition) is 2. The molecule has 2 N–H and O–H groups in total. The summed E-state index contributed by atoms with van der Waals surface area (Å²) >= 11 is 0. The van der Waals surface area contributed by atoms with Crippen LogP contribution < -0.4 is 0 Å². The quantitative estimate of drug-likeness (QED) is 0.826. The molecule has 0 aliphatic heterocycles. The Kier molecular flexibility index (Phi) is 4.12. The van der Waals surface area contributed by atoms with Gasteiger partial charge in [-0.15, -0.1) is 0 Å². The van der Waals surface area contributed by atoms with Crippen molar-refractivity contribution in [2.75, 3.05) is 7.11 Å². The second kappa shape index (κ2) is 5.19. The minimum absolute atomic E-state index is 0.0239. The number of phenolic OH excluding ortho intramolecular Hbond substituents is 1. The summed E-state index contributed by atoms with van der Waals surface area (Å²) < 4.78 is 4.94. The normalized spacial score (nSPS) is 11.5. The van der Waals surface area contributed by atoms with Gasteiger partial charge in [0.1, 0.15) is 5.75 Å². The van der Waals surface area contributed by atoms with Crippen molar-refractivity contribution in [2.24, 2.45) is 0 Å². The predicted octanol–water partition coefficient (Wildman–Crippen LogP) is 2.29. The van der Waals surface area contributed by atoms with Crippen LogP contribution in [0.2, 0.25) is 0 Å². The van der Waals surface area contributed by atoms with E-state index in [1.165, 1.54) is 0 Å². The molecule has 0 saturated carbocycles. The lowest BCUT2D eigenvalue weighted by molar-refractivity contribution is -0.138. The Hall–Kier alpha value is -1.55. The highest BCUT2D eigenvalue weighted by molar-refractivity contribution is 5.69. The Bertz CT molecular complexity index is 410. The molecular formula is C13H18O4. The van der Waals surface area contributed by atoms with E-state index in [2.05, 4.69) is 0 Å². The molecule has 0 aromatic heterocycles. The Labute approximate surface area is 101 Å². The van der Waals surface area contributed by atoms with Crippen LogP contribution in [-0.2, 0) is 21.6 Å². The van der Waals surface area contributed by atoms with E-state index in [0.717, 1.165) is 5.56 Å². The average Bonchev–Trinajstić information content (AvgIpc) is 2.19. The summed E-state index contributed by atoms with van der Waals surface area (Å²) in [5, 5.41) is 18.6. The number of carboxylic acids is 1. The number of benzene rings is 1. The maximum Gasteiger partial charge on any atom is 0.304 e. The van der Waals surface area contributed by atoms with E-state index in [4.69, 9.17) is 9.84 Å². The van der Waals surface area contributed by atoms with E-state index in [0.29, 0.717) is 12.2 Å². The molecule has 0 aliphatic carbocycles. The van der Waals surface area contributed by atoms with Gasteiger partial charge < -0.3 is 14.9 Å². The monoisotopic (exact) mass is 238 g/mol. The summed E-state index contributed by atoms with van der Waals surface area (Å²) in [5.74, 6) is -0.710. The average molecular weight is 238 g/mol. The van der Waals surface area contributed by atoms with Gasteiger partial charge in [0.2, 0.25) is 0 Å². The molecule has 94 valence electrons. The zero-order valence-electron chi connectivity index (χ0n) is 10.4. The van der Waals surface area contributed by atoms with Crippen molar-refractivity contribution in [2.45, 2.75) is 32.3 Å². The van der Waals surface area contributed by atoms with E-state index in [-0.39, 0.29) is 12.2 Å². The van der Waals surface area contributed by atoms with Crippen LogP contribution in [0.1, 0.15) is 31.4 Å². The summed E-state index contributed by atoms with van der Waals surface area (Å²) in [5.41, 5.74) is 0.995. The molecule has 1 rings (SSSR count). The molecular weight excluding hydrogens is 220 g/mol. The topological polar surface area (TPSA) is 66.8 Å². The molecule has 0 atom stereocenters. The van der Waals surface area contributed by atoms with Crippen LogP contribution in [0.4, 0.5) is 0 Å². The second-order valence-electron chi connectivity index (χ2n) is 4.73. The molecule has 0 unspecified atom stereocenters. The Balaban J connectivity index is 3.00. The van der Waals surface area contributed by atoms with Crippen molar-refractivity contribution in [3.8, 4) is 5.75 Å². The first kappa shape index (κ1) is 13.5. The molecule has 1 aromatic carbocycles. The first-order chi connectivity index (χ1) is 7.86. The molecule has 0 bridgehead atoms. The third kappa shape index (κ3) is 3.46. The van der Waals surface area contributed by atoms with E-state index < -0.39 is 11.4 Å². The van der Waals surface area contributed by atoms with Crippen LogP contribution in [0, 0.1) is 0 Å². The SMILES string of the molecule is COCc1ccc(C(C)(C)CC(=O)O)cc1O. The van der Waals surface area contributed by atoms with Crippen LogP contribution >= 0.6 is 0 Å². The van der Waals surface area contributed by atoms with Crippen molar-refractivity contribution in [3.63, 3.8) is 0 Å². The Morgan fingerprint density at radius 2 is 2.06 bits per heavy atom. The molecule has 0 heterocycles. The first-order valence-corrected chi connectivity index (χ1v) is 5.40. The highest BCUT2D eigenvalue weighted by Gasteiger charge is 2.24. The minimum atomic E-state index is -0.851. The minimum Gasteiger partial charge on any atom is -0.508 e. The number of rotatable bonds is 5. The smallest absolute Gasteiger partial charge is 0.304 e. The number of hydrogen-bond acceptors (Lipinski definition) is 3. The lowest BCUT2D eigenvalue weighted by atomic mass is 9.81. The van der Waals surface area contributed by atoms with Gasteiger partial charge in [-0.1, -0.05) is 26.0 Å². The van der Waals surface area contributed by atoms with Gasteiger partial charge in [0.25, 0.3) is 0 Å². The van der Waals surface area contributed by atoms with E-state index in [9.17, 15) is 9.90 Å². The van der Waals surface area contributed by atoms with Crippen LogP contribution in [0.5, 0.6) is 5.75 Å². The number of methoxy groups -OCH3 is 1. The maximum atomic E-state index is 10.8. The number of aliphatic carboxylic acids is 1. The van der Waals surface area contributed by atoms with Crippen LogP contribution in [0.15, 0.2) is 18.2 Å². The predicted molar refractivity (Wildman–Crippen MR) is 64.1 cm³/mol. The summed E-state index contributed by atoms with van der Waals surface area (Å²) in [4.78, 5) is 10.8. The lowest BCUT2D eigenvalue weighted by Crippen LogP contribution is -2.21. The molecule has 0 saturated heterocycles. The molecule has 4 nitrogen and oxygen atoms in total. The third-order valence-corrected chi connectivity index (χ3v) is 2.76. The molecule has 0 radical (unpaired) electrons. The fraction of sp³-hybridized carbons (Fsp3) is 0.462. The molecule has 1 aromatic rings. The van der Waals surface area contributed by atoms with E-state index >= 15 is 0 Å². The van der Waals surface area contributed by atoms with Gasteiger partial charge in [0.05, 0.1) is 13.0 Å². The third-order valence-electron chi connectivity index (χ3n) is 2.76. The number of aromatic hydroxyl groups is 1. The summed E-state index contributed by atoms with van der Waals surface area (Å²) in [7, 11) is 1.56. The number of ether oxygens (including phenoxy) is 1. The lowest BCUT2D eigenvalue weighted by Gasteiger charge is -2.23. The highest BCUT2D eigenvalue weighted by atomic mass is 16.5. The molecule has 0 spiro atoms. The van der Waals surface area contributed by atoms with E-state index in [1.807, 2.05) is 19.9 Å². The van der Waals surface area contributed by atoms with Crippen LogP contribution in [0.25, 0.3) is 0 Å². The summed E-state index contributed by atoms with van der Waals surface area (Å²) in [6.07, 6.45) is 0.0239. The highest BCUT2D eigenvalue weighted by Crippen LogP contribution is 2.31. The molecule has 4 heteroatoms. The molecule has 17 heavy (non-hydrogen) atoms. The van der Waals surface area contributed by atoms with Gasteiger partial charge in [0, 0.05) is 18.1 Å². The summed E-state index contributed by atoms with van der Waals surface area (Å²) in [6.45, 7) is 4.02. The number of carbonyl (C=O) groups is 1. The van der Waals surface area contributed by atoms with Crippen LogP contribution in [0.3, 0.4) is 0 Å². The van der Waals surface area contributed by atoms with Gasteiger partial charge in [0.15, 0.2) is 0 Å². The largest absolute Gasteiger partial charge is 0.508 e. The molecule has 0 amide bonds. The second-order valence-corrected chi connectivity index (χ2v) is 4.73. The van der Waals surface area contributed by atoms with Gasteiger partial charge in [-0.3, -0.25) is 4.79 Å². The fourth-order valence-corrected chi connectivity index (χ4v) is 1.74. The van der Waals surface area contributed by atoms with Gasteiger partial charge in [-0.05, 0) is 11.6 Å². The van der Waals surface area contributed by atoms with Crippen molar-refractivity contribution >= 4 is 5.97 Å². The van der Waals surface area contributed by atoms with Crippen molar-refractivity contribution in [3.05, 3.63) is 29.3 Å². The van der Waals surface area contributed by atoms with Gasteiger partial charge >= 0.3 is 5.97 Å². The standard InChI is InChI=1S/C13H18O4/c1-13(2,7-12(15)16)10-5-4-9(8-17-3)11(14)6-10/h4-6,14H,7-8H2,1-3H3,(H,15,16). The zero-order chi connectivity index (χ0) is 13.1. The van der Waals surface area contributed by atoms with Crippen molar-refractivity contribution in [1.82, 2.24) is 0 Å². The molecule has 0 aliphatic rings. The Morgan fingerprint density at radius 3 is 2.53 bits per heavy atom. The van der Waals surface area contributed by atoms with Crippen molar-refractivity contribution in [1.29, 1.82) is 0 Å². The summed E-state index contributed by atoms with van der Waals surface area (Å²) in [6, 6.07) is 5.20. The van der Waals surface area contributed by atoms with Gasteiger partial charge in [-0.2, -0.15) is 0 Å². The number of phenols is 1. The molecule has 0 fully saturated rings. The van der Waals surface area contributed by atoms with Crippen molar-refractivity contribution < 1.29 is 19.7 Å². The first-order valence-electron chi connectivity index (χ1n) is 5.40. The maximum absolute atomic E-state index is 10.8. The zero-order valence-corrected chi connectivity index (χ0v) is 10.4. The van der Waals surface area contributed by atoms with Gasteiger partial charge in [-0.25, -0.2) is 0 Å². The number of carboxylic acid groups (broad SMARTS) is 1. The van der Waals surface area contributed by atoms with E-state index in [1.54, 1.807) is 19.2 Å². The fourth-order valence-electron chi connectivity index (χ4n) is 1.74.